The summed E-state index contributed by atoms with van der Waals surface area (Å²) in [7, 11) is 3.43. The van der Waals surface area contributed by atoms with Crippen molar-refractivity contribution in [2.75, 3.05) is 26.9 Å². The number of pyridine rings is 1. The second-order valence-corrected chi connectivity index (χ2v) is 8.71. The Morgan fingerprint density at radius 2 is 1.97 bits per heavy atom. The Morgan fingerprint density at radius 3 is 2.73 bits per heavy atom. The molecule has 0 bridgehead atoms. The minimum atomic E-state index is -0.401. The van der Waals surface area contributed by atoms with Crippen molar-refractivity contribution in [3.63, 3.8) is 0 Å². The topological polar surface area (TPSA) is 87.3 Å². The second kappa shape index (κ2) is 10.4. The summed E-state index contributed by atoms with van der Waals surface area (Å²) >= 11 is 0. The summed E-state index contributed by atoms with van der Waals surface area (Å²) in [5, 5.41) is 9.12. The lowest BCUT2D eigenvalue weighted by atomic mass is 9.97. The Labute approximate surface area is 213 Å². The molecule has 3 aromatic heterocycles. The van der Waals surface area contributed by atoms with Gasteiger partial charge in [-0.1, -0.05) is 6.58 Å². The fourth-order valence-corrected chi connectivity index (χ4v) is 4.38. The number of benzene rings is 1. The molecular weight excluding hydrogens is 475 g/mol. The van der Waals surface area contributed by atoms with Gasteiger partial charge in [0.25, 0.3) is 0 Å². The number of fused-ring (bicyclic) bond motifs is 1. The Kier molecular flexibility index (Phi) is 6.82. The predicted molar refractivity (Wildman–Crippen MR) is 136 cm³/mol. The summed E-state index contributed by atoms with van der Waals surface area (Å²) in [5.41, 5.74) is 5.46. The molecular formula is C27H27FN6O3. The van der Waals surface area contributed by atoms with Crippen LogP contribution in [0.5, 0.6) is 5.75 Å². The molecule has 0 aliphatic carbocycles. The summed E-state index contributed by atoms with van der Waals surface area (Å²) in [6, 6.07) is 8.37. The fourth-order valence-electron chi connectivity index (χ4n) is 4.38. The van der Waals surface area contributed by atoms with Gasteiger partial charge in [0.05, 0.1) is 43.0 Å². The minimum Gasteiger partial charge on any atom is -0.490 e. The van der Waals surface area contributed by atoms with Crippen molar-refractivity contribution in [1.82, 2.24) is 29.4 Å². The Balaban J connectivity index is 1.62. The van der Waals surface area contributed by atoms with E-state index < -0.39 is 5.82 Å². The SMILES string of the molecule is C=CC(=O)N1CCn2nc(-c3cc(-c4cnn(C)c4)ncc3-c3ccc(F)cc3OCCOC)cc2C1. The van der Waals surface area contributed by atoms with Crippen molar-refractivity contribution in [1.29, 1.82) is 0 Å². The van der Waals surface area contributed by atoms with Gasteiger partial charge in [-0.2, -0.15) is 10.2 Å². The van der Waals surface area contributed by atoms with Crippen LogP contribution in [0, 0.1) is 5.82 Å². The minimum absolute atomic E-state index is 0.110. The van der Waals surface area contributed by atoms with Gasteiger partial charge in [-0.25, -0.2) is 4.39 Å². The number of carbonyl (C=O) groups excluding carboxylic acids is 1. The van der Waals surface area contributed by atoms with Crippen LogP contribution < -0.4 is 4.74 Å². The number of carbonyl (C=O) groups is 1. The first-order valence-corrected chi connectivity index (χ1v) is 11.9. The van der Waals surface area contributed by atoms with Gasteiger partial charge in [-0.3, -0.25) is 19.1 Å². The van der Waals surface area contributed by atoms with Crippen molar-refractivity contribution in [3.05, 3.63) is 73.1 Å². The number of halogens is 1. The number of nitrogens with zero attached hydrogens (tertiary/aromatic N) is 6. The highest BCUT2D eigenvalue weighted by atomic mass is 19.1. The van der Waals surface area contributed by atoms with Crippen LogP contribution in [0.2, 0.25) is 0 Å². The van der Waals surface area contributed by atoms with Gasteiger partial charge < -0.3 is 14.4 Å². The molecule has 0 spiro atoms. The lowest BCUT2D eigenvalue weighted by molar-refractivity contribution is -0.127. The number of ether oxygens (including phenoxy) is 2. The van der Waals surface area contributed by atoms with E-state index in [4.69, 9.17) is 14.6 Å². The van der Waals surface area contributed by atoms with Crippen molar-refractivity contribution in [3.8, 4) is 39.4 Å². The van der Waals surface area contributed by atoms with Crippen molar-refractivity contribution in [2.45, 2.75) is 13.1 Å². The molecule has 4 heterocycles. The number of rotatable bonds is 8. The zero-order chi connectivity index (χ0) is 25.9. The number of methoxy groups -OCH3 is 1. The van der Waals surface area contributed by atoms with E-state index in [-0.39, 0.29) is 12.5 Å². The molecule has 1 aliphatic rings. The summed E-state index contributed by atoms with van der Waals surface area (Å²) in [5.74, 6) is -0.121. The van der Waals surface area contributed by atoms with E-state index in [9.17, 15) is 9.18 Å². The van der Waals surface area contributed by atoms with Crippen molar-refractivity contribution >= 4 is 5.91 Å². The van der Waals surface area contributed by atoms with Crippen LogP contribution in [0.3, 0.4) is 0 Å². The van der Waals surface area contributed by atoms with Crippen LogP contribution in [0.15, 0.2) is 61.6 Å². The monoisotopic (exact) mass is 502 g/mol. The van der Waals surface area contributed by atoms with Gasteiger partial charge >= 0.3 is 0 Å². The van der Waals surface area contributed by atoms with Gasteiger partial charge in [-0.15, -0.1) is 0 Å². The quantitative estimate of drug-likeness (QED) is 0.270. The average molecular weight is 503 g/mol. The van der Waals surface area contributed by atoms with E-state index in [1.807, 2.05) is 30.1 Å². The molecule has 0 N–H and O–H groups in total. The van der Waals surface area contributed by atoms with E-state index in [1.165, 1.54) is 18.2 Å². The largest absolute Gasteiger partial charge is 0.490 e. The summed E-state index contributed by atoms with van der Waals surface area (Å²) in [6.45, 7) is 5.81. The van der Waals surface area contributed by atoms with Crippen LogP contribution in [0.4, 0.5) is 4.39 Å². The Bertz CT molecular complexity index is 1460. The summed E-state index contributed by atoms with van der Waals surface area (Å²) in [4.78, 5) is 18.6. The van der Waals surface area contributed by atoms with Crippen molar-refractivity contribution < 1.29 is 18.7 Å². The van der Waals surface area contributed by atoms with Crippen LogP contribution in [0.1, 0.15) is 5.69 Å². The normalized spacial score (nSPS) is 12.9. The maximum Gasteiger partial charge on any atom is 0.246 e. The van der Waals surface area contributed by atoms with Gasteiger partial charge in [0, 0.05) is 61.4 Å². The zero-order valence-corrected chi connectivity index (χ0v) is 20.7. The first kappa shape index (κ1) is 24.4. The maximum absolute atomic E-state index is 14.2. The van der Waals surface area contributed by atoms with Crippen LogP contribution in [-0.2, 0) is 29.7 Å². The molecule has 1 aliphatic heterocycles. The van der Waals surface area contributed by atoms with E-state index in [0.29, 0.717) is 37.6 Å². The smallest absolute Gasteiger partial charge is 0.246 e. The second-order valence-electron chi connectivity index (χ2n) is 8.71. The summed E-state index contributed by atoms with van der Waals surface area (Å²) < 4.78 is 28.8. The lowest BCUT2D eigenvalue weighted by Crippen LogP contribution is -2.37. The molecule has 1 aromatic carbocycles. The van der Waals surface area contributed by atoms with E-state index in [0.717, 1.165) is 33.8 Å². The van der Waals surface area contributed by atoms with Gasteiger partial charge in [0.1, 0.15) is 18.2 Å². The molecule has 0 radical (unpaired) electrons. The third kappa shape index (κ3) is 5.01. The standard InChI is InChI=1S/C27H27FN6O3/c1-4-27(35)33-7-8-34-20(17-33)12-25(31-34)22-13-24(18-14-30-32(2)16-18)29-15-23(22)21-6-5-19(28)11-26(21)37-10-9-36-3/h4-6,11-16H,1,7-10,17H2,2-3H3. The Morgan fingerprint density at radius 1 is 1.11 bits per heavy atom. The molecule has 5 rings (SSSR count). The zero-order valence-electron chi connectivity index (χ0n) is 20.7. The van der Waals surface area contributed by atoms with Crippen LogP contribution >= 0.6 is 0 Å². The molecule has 4 aromatic rings. The van der Waals surface area contributed by atoms with Gasteiger partial charge in [0.15, 0.2) is 0 Å². The van der Waals surface area contributed by atoms with Gasteiger partial charge in [-0.05, 0) is 30.3 Å². The molecule has 0 atom stereocenters. The lowest BCUT2D eigenvalue weighted by Gasteiger charge is -2.26. The predicted octanol–water partition coefficient (Wildman–Crippen LogP) is 3.71. The Hall–Kier alpha value is -4.31. The first-order valence-electron chi connectivity index (χ1n) is 11.9. The molecule has 10 heteroatoms. The number of hydrogen-bond donors (Lipinski definition) is 0. The van der Waals surface area contributed by atoms with E-state index in [1.54, 1.807) is 35.2 Å². The number of amides is 1. The molecule has 0 saturated carbocycles. The van der Waals surface area contributed by atoms with E-state index in [2.05, 4.69) is 16.7 Å². The number of aromatic nitrogens is 5. The molecule has 1 amide bonds. The molecule has 0 fully saturated rings. The number of aryl methyl sites for hydroxylation is 1. The molecule has 190 valence electrons. The highest BCUT2D eigenvalue weighted by Gasteiger charge is 2.23. The third-order valence-corrected chi connectivity index (χ3v) is 6.24. The third-order valence-electron chi connectivity index (χ3n) is 6.24. The van der Waals surface area contributed by atoms with Gasteiger partial charge in [0.2, 0.25) is 5.91 Å². The van der Waals surface area contributed by atoms with Crippen LogP contribution in [-0.4, -0.2) is 62.2 Å². The maximum atomic E-state index is 14.2. The number of hydrogen-bond acceptors (Lipinski definition) is 6. The molecule has 0 unspecified atom stereocenters. The highest BCUT2D eigenvalue weighted by Crippen LogP contribution is 2.39. The molecule has 9 nitrogen and oxygen atoms in total. The fraction of sp³-hybridized carbons (Fsp3) is 0.259. The summed E-state index contributed by atoms with van der Waals surface area (Å²) in [6.07, 6.45) is 6.72. The van der Waals surface area contributed by atoms with E-state index >= 15 is 0 Å². The van der Waals surface area contributed by atoms with Crippen molar-refractivity contribution in [2.24, 2.45) is 7.05 Å². The molecule has 0 saturated heterocycles. The average Bonchev–Trinajstić information content (AvgIpc) is 3.54. The highest BCUT2D eigenvalue weighted by molar-refractivity contribution is 5.88. The van der Waals surface area contributed by atoms with Crippen LogP contribution in [0.25, 0.3) is 33.6 Å². The molecule has 37 heavy (non-hydrogen) atoms. The first-order chi connectivity index (χ1) is 18.0.